The molecule has 178 valence electrons. The van der Waals surface area contributed by atoms with Crippen molar-refractivity contribution in [3.8, 4) is 0 Å². The second kappa shape index (κ2) is 12.2. The number of sulfonamides is 1. The van der Waals surface area contributed by atoms with Crippen LogP contribution in [0.5, 0.6) is 0 Å². The zero-order valence-electron chi connectivity index (χ0n) is 18.7. The molecule has 3 aromatic rings. The molecule has 0 aromatic heterocycles. The molecule has 0 atom stereocenters. The maximum absolute atomic E-state index is 13.4. The monoisotopic (exact) mass is 517 g/mol. The first-order valence-corrected chi connectivity index (χ1v) is 12.8. The molecule has 0 saturated carbocycles. The van der Waals surface area contributed by atoms with Gasteiger partial charge in [0.15, 0.2) is 0 Å². The molecule has 5 nitrogen and oxygen atoms in total. The molecule has 0 saturated heterocycles. The Kier molecular flexibility index (Phi) is 9.30. The fraction of sp³-hybridized carbons (Fsp3) is 0.192. The average molecular weight is 518 g/mol. The Labute approximate surface area is 210 Å². The molecule has 8 heteroatoms. The number of carbonyl (C=O) groups is 1. The predicted octanol–water partition coefficient (Wildman–Crippen LogP) is 6.00. The van der Waals surface area contributed by atoms with E-state index >= 15 is 0 Å². The molecule has 0 aliphatic rings. The van der Waals surface area contributed by atoms with Gasteiger partial charge in [-0.05, 0) is 53.4 Å². The van der Waals surface area contributed by atoms with Crippen LogP contribution in [0.1, 0.15) is 23.1 Å². The van der Waals surface area contributed by atoms with Crippen LogP contribution in [0, 0.1) is 0 Å². The van der Waals surface area contributed by atoms with E-state index in [0.29, 0.717) is 16.5 Å². The molecule has 0 amide bonds. The highest BCUT2D eigenvalue weighted by Crippen LogP contribution is 2.22. The molecule has 34 heavy (non-hydrogen) atoms. The van der Waals surface area contributed by atoms with Crippen molar-refractivity contribution in [1.29, 1.82) is 0 Å². The smallest absolute Gasteiger partial charge is 0.305 e. The summed E-state index contributed by atoms with van der Waals surface area (Å²) in [6.45, 7) is 0.317. The Bertz CT molecular complexity index is 1240. The Balaban J connectivity index is 1.85. The lowest BCUT2D eigenvalue weighted by Crippen LogP contribution is -2.31. The van der Waals surface area contributed by atoms with Gasteiger partial charge in [-0.2, -0.15) is 4.31 Å². The van der Waals surface area contributed by atoms with Gasteiger partial charge in [0, 0.05) is 29.6 Å². The van der Waals surface area contributed by atoms with E-state index in [1.54, 1.807) is 60.7 Å². The summed E-state index contributed by atoms with van der Waals surface area (Å²) in [6.07, 6.45) is 4.33. The van der Waals surface area contributed by atoms with Crippen molar-refractivity contribution < 1.29 is 17.9 Å². The number of ether oxygens (including phenoxy) is 1. The van der Waals surface area contributed by atoms with E-state index in [2.05, 4.69) is 0 Å². The van der Waals surface area contributed by atoms with E-state index in [-0.39, 0.29) is 30.4 Å². The molecule has 3 rings (SSSR count). The lowest BCUT2D eigenvalue weighted by Gasteiger charge is -2.21. The van der Waals surface area contributed by atoms with Crippen LogP contribution in [0.25, 0.3) is 6.08 Å². The normalized spacial score (nSPS) is 11.8. The summed E-state index contributed by atoms with van der Waals surface area (Å²) >= 11 is 12.1. The largest absolute Gasteiger partial charge is 0.469 e. The topological polar surface area (TPSA) is 63.7 Å². The summed E-state index contributed by atoms with van der Waals surface area (Å²) in [5.74, 6) is -0.287. The second-order valence-electron chi connectivity index (χ2n) is 7.61. The van der Waals surface area contributed by atoms with E-state index in [4.69, 9.17) is 27.9 Å². The molecule has 0 unspecified atom stereocenters. The Morgan fingerprint density at radius 1 is 0.941 bits per heavy atom. The Morgan fingerprint density at radius 3 is 2.29 bits per heavy atom. The first-order valence-electron chi connectivity index (χ1n) is 10.6. The predicted molar refractivity (Wildman–Crippen MR) is 136 cm³/mol. The number of methoxy groups -OCH3 is 1. The zero-order chi connectivity index (χ0) is 24.6. The van der Waals surface area contributed by atoms with E-state index < -0.39 is 10.0 Å². The minimum atomic E-state index is -3.76. The van der Waals surface area contributed by atoms with Crippen molar-refractivity contribution in [3.63, 3.8) is 0 Å². The van der Waals surface area contributed by atoms with Crippen LogP contribution >= 0.6 is 23.2 Å². The molecule has 0 aliphatic carbocycles. The molecule has 0 aliphatic heterocycles. The zero-order valence-corrected chi connectivity index (χ0v) is 21.0. The molecule has 0 radical (unpaired) electrons. The van der Waals surface area contributed by atoms with Crippen molar-refractivity contribution in [2.45, 2.75) is 24.3 Å². The minimum absolute atomic E-state index is 0.147. The van der Waals surface area contributed by atoms with Gasteiger partial charge in [-0.1, -0.05) is 77.8 Å². The molecular weight excluding hydrogens is 493 g/mol. The van der Waals surface area contributed by atoms with Crippen LogP contribution in [0.3, 0.4) is 0 Å². The van der Waals surface area contributed by atoms with Gasteiger partial charge < -0.3 is 4.74 Å². The van der Waals surface area contributed by atoms with Gasteiger partial charge in [-0.25, -0.2) is 8.42 Å². The van der Waals surface area contributed by atoms with E-state index in [1.807, 2.05) is 24.3 Å². The van der Waals surface area contributed by atoms with Crippen molar-refractivity contribution >= 4 is 45.3 Å². The summed E-state index contributed by atoms with van der Waals surface area (Å²) < 4.78 is 32.9. The van der Waals surface area contributed by atoms with Crippen LogP contribution < -0.4 is 0 Å². The van der Waals surface area contributed by atoms with Crippen LogP contribution in [-0.4, -0.2) is 32.3 Å². The number of nitrogens with zero attached hydrogens (tertiary/aromatic N) is 1. The summed E-state index contributed by atoms with van der Waals surface area (Å²) in [5.41, 5.74) is 2.53. The molecule has 0 fully saturated rings. The average Bonchev–Trinajstić information content (AvgIpc) is 2.82. The molecule has 3 aromatic carbocycles. The number of esters is 1. The highest BCUT2D eigenvalue weighted by atomic mass is 35.5. The molecule has 0 bridgehead atoms. The summed E-state index contributed by atoms with van der Waals surface area (Å²) in [5, 5.41) is 1.01. The standard InChI is InChI=1S/C26H25Cl2NO4S/c1-33-26(30)13-12-20-7-5-8-22(15-20)19-29(34(31,32)25-10-3-2-4-11-25)14-6-9-21-16-23(27)18-24(28)17-21/h2-11,15-18H,12-14,19H2,1H3/b9-6+. The number of halogens is 2. The van der Waals surface area contributed by atoms with Gasteiger partial charge in [0.1, 0.15) is 0 Å². The highest BCUT2D eigenvalue weighted by Gasteiger charge is 2.23. The van der Waals surface area contributed by atoms with E-state index in [0.717, 1.165) is 16.7 Å². The van der Waals surface area contributed by atoms with E-state index in [1.165, 1.54) is 11.4 Å². The van der Waals surface area contributed by atoms with Gasteiger partial charge >= 0.3 is 5.97 Å². The van der Waals surface area contributed by atoms with Gasteiger partial charge in [0.05, 0.1) is 12.0 Å². The first-order chi connectivity index (χ1) is 16.3. The Morgan fingerprint density at radius 2 is 1.62 bits per heavy atom. The third-order valence-corrected chi connectivity index (χ3v) is 7.34. The lowest BCUT2D eigenvalue weighted by atomic mass is 10.1. The molecule has 0 spiro atoms. The first kappa shape index (κ1) is 26.0. The number of rotatable bonds is 10. The third-order valence-electron chi connectivity index (χ3n) is 5.08. The lowest BCUT2D eigenvalue weighted by molar-refractivity contribution is -0.140. The van der Waals surface area contributed by atoms with Crippen LogP contribution in [0.4, 0.5) is 0 Å². The number of carbonyl (C=O) groups excluding carboxylic acids is 1. The maximum Gasteiger partial charge on any atom is 0.305 e. The third kappa shape index (κ3) is 7.43. The summed E-state index contributed by atoms with van der Waals surface area (Å²) in [6, 6.07) is 21.0. The van der Waals surface area contributed by atoms with Crippen LogP contribution in [-0.2, 0) is 32.5 Å². The van der Waals surface area contributed by atoms with Crippen molar-refractivity contribution in [3.05, 3.63) is 106 Å². The molecule has 0 N–H and O–H groups in total. The SMILES string of the molecule is COC(=O)CCc1cccc(CN(C/C=C/c2cc(Cl)cc(Cl)c2)S(=O)(=O)c2ccccc2)c1. The van der Waals surface area contributed by atoms with Crippen molar-refractivity contribution in [1.82, 2.24) is 4.31 Å². The second-order valence-corrected chi connectivity index (χ2v) is 10.4. The molecule has 0 heterocycles. The van der Waals surface area contributed by atoms with Gasteiger partial charge in [-0.3, -0.25) is 4.79 Å². The fourth-order valence-electron chi connectivity index (χ4n) is 3.40. The van der Waals surface area contributed by atoms with Crippen molar-refractivity contribution in [2.24, 2.45) is 0 Å². The van der Waals surface area contributed by atoms with Crippen molar-refractivity contribution in [2.75, 3.05) is 13.7 Å². The van der Waals surface area contributed by atoms with Gasteiger partial charge in [0.2, 0.25) is 10.0 Å². The highest BCUT2D eigenvalue weighted by molar-refractivity contribution is 7.89. The minimum Gasteiger partial charge on any atom is -0.469 e. The van der Waals surface area contributed by atoms with Gasteiger partial charge in [-0.15, -0.1) is 0 Å². The summed E-state index contributed by atoms with van der Waals surface area (Å²) in [4.78, 5) is 11.7. The maximum atomic E-state index is 13.4. The molecular formula is C26H25Cl2NO4S. The van der Waals surface area contributed by atoms with Gasteiger partial charge in [0.25, 0.3) is 0 Å². The number of hydrogen-bond acceptors (Lipinski definition) is 4. The number of aryl methyl sites for hydroxylation is 1. The van der Waals surface area contributed by atoms with E-state index in [9.17, 15) is 13.2 Å². The summed E-state index contributed by atoms with van der Waals surface area (Å²) in [7, 11) is -2.40. The fourth-order valence-corrected chi connectivity index (χ4v) is 5.35. The Hall–Kier alpha value is -2.64. The number of benzene rings is 3. The number of hydrogen-bond donors (Lipinski definition) is 0. The van der Waals surface area contributed by atoms with Crippen LogP contribution in [0.15, 0.2) is 83.8 Å². The van der Waals surface area contributed by atoms with Crippen LogP contribution in [0.2, 0.25) is 10.0 Å². The quantitative estimate of drug-likeness (QED) is 0.309.